The second kappa shape index (κ2) is 15.4. The van der Waals surface area contributed by atoms with Gasteiger partial charge >= 0.3 is 0 Å². The Hall–Kier alpha value is -2.83. The molecule has 0 radical (unpaired) electrons. The van der Waals surface area contributed by atoms with Crippen LogP contribution in [-0.2, 0) is 6.54 Å². The topological polar surface area (TPSA) is 87.6 Å². The van der Waals surface area contributed by atoms with Gasteiger partial charge in [0, 0.05) is 35.6 Å². The number of rotatable bonds is 7. The molecule has 5 N–H and O–H groups in total. The minimum atomic E-state index is -0.124. The molecule has 204 valence electrons. The fraction of sp³-hybridized carbons (Fsp3) is 0.516. The summed E-state index contributed by atoms with van der Waals surface area (Å²) in [6.07, 6.45) is 10.4. The maximum atomic E-state index is 12.8. The molecular formula is C31H49N5O. The fourth-order valence-electron chi connectivity index (χ4n) is 5.13. The zero-order valence-electron chi connectivity index (χ0n) is 22.4. The number of likely N-dealkylation sites (tertiary alicyclic amines) is 1. The van der Waals surface area contributed by atoms with E-state index in [1.54, 1.807) is 5.01 Å². The van der Waals surface area contributed by atoms with E-state index < -0.39 is 0 Å². The number of carbonyl (C=O) groups excluding carboxylic acids is 1. The molecule has 0 bridgehead atoms. The van der Waals surface area contributed by atoms with Crippen molar-refractivity contribution < 1.29 is 4.79 Å². The number of hydrogen-bond acceptors (Lipinski definition) is 5. The van der Waals surface area contributed by atoms with Gasteiger partial charge in [0.1, 0.15) is 0 Å². The van der Waals surface area contributed by atoms with Crippen LogP contribution in [-0.4, -0.2) is 34.9 Å². The van der Waals surface area contributed by atoms with Gasteiger partial charge in [-0.3, -0.25) is 9.69 Å². The predicted molar refractivity (Wildman–Crippen MR) is 158 cm³/mol. The van der Waals surface area contributed by atoms with Gasteiger partial charge in [-0.05, 0) is 74.5 Å². The fourth-order valence-corrected chi connectivity index (χ4v) is 5.13. The van der Waals surface area contributed by atoms with Crippen molar-refractivity contribution >= 4 is 17.3 Å². The quantitative estimate of drug-likeness (QED) is 0.290. The Balaban J connectivity index is 0.00000157. The van der Waals surface area contributed by atoms with Crippen molar-refractivity contribution in [2.24, 2.45) is 17.5 Å². The number of hydrazine groups is 1. The number of hydrogen-bond donors (Lipinski definition) is 3. The Morgan fingerprint density at radius 1 is 1.03 bits per heavy atom. The van der Waals surface area contributed by atoms with Gasteiger partial charge < -0.3 is 16.1 Å². The summed E-state index contributed by atoms with van der Waals surface area (Å²) < 4.78 is 0. The lowest BCUT2D eigenvalue weighted by atomic mass is 9.87. The molecule has 2 fully saturated rings. The number of nitrogens with two attached hydrogens (primary N) is 2. The molecule has 2 aromatic rings. The zero-order valence-corrected chi connectivity index (χ0v) is 22.4. The van der Waals surface area contributed by atoms with Crippen LogP contribution in [0.2, 0.25) is 0 Å². The highest BCUT2D eigenvalue weighted by atomic mass is 16.1. The lowest BCUT2D eigenvalue weighted by Crippen LogP contribution is -2.40. The van der Waals surface area contributed by atoms with Gasteiger partial charge in [-0.2, -0.15) is 0 Å². The molecule has 1 amide bonds. The first-order chi connectivity index (χ1) is 17.5. The van der Waals surface area contributed by atoms with Gasteiger partial charge in [0.05, 0.1) is 5.70 Å². The van der Waals surface area contributed by atoms with Crippen LogP contribution in [0.25, 0.3) is 5.70 Å². The molecule has 1 saturated heterocycles. The standard InChI is InChI=1S/C28H39N5O.C2H6.CH4/c1-21-7-5-10-26(17-21)33(30)20-27(29)24-8-6-9-25(18-24)31-28(34)23-13-11-22(12-14-23)19-32-15-3-2-4-16-32;1-2;/h6,8-9,11-14,18,20-21,26H,2-5,7,10,15-17,19,29-30H2,1H3,(H,31,34);1-2H3;1H4/b27-20-;;. The first kappa shape index (κ1) is 30.4. The predicted octanol–water partition coefficient (Wildman–Crippen LogP) is 6.60. The highest BCUT2D eigenvalue weighted by molar-refractivity contribution is 6.04. The lowest BCUT2D eigenvalue weighted by molar-refractivity contribution is 0.102. The highest BCUT2D eigenvalue weighted by Crippen LogP contribution is 2.27. The minimum absolute atomic E-state index is 0. The SMILES string of the molecule is C.CC.CC1CCCC(N(N)/C=C(\N)c2cccc(NC(=O)c3ccc(CN4CCCCC4)cc3)c2)C1. The monoisotopic (exact) mass is 507 g/mol. The van der Waals surface area contributed by atoms with Crippen molar-refractivity contribution in [1.82, 2.24) is 9.91 Å². The van der Waals surface area contributed by atoms with Crippen LogP contribution in [0.15, 0.2) is 54.7 Å². The van der Waals surface area contributed by atoms with E-state index in [1.807, 2.05) is 56.4 Å². The Morgan fingerprint density at radius 3 is 2.41 bits per heavy atom. The van der Waals surface area contributed by atoms with Crippen molar-refractivity contribution in [3.63, 3.8) is 0 Å². The molecule has 2 aliphatic rings. The van der Waals surface area contributed by atoms with E-state index >= 15 is 0 Å². The van der Waals surface area contributed by atoms with E-state index in [0.717, 1.165) is 38.0 Å². The Kier molecular flexibility index (Phi) is 12.7. The zero-order chi connectivity index (χ0) is 25.9. The Labute approximate surface area is 225 Å². The third-order valence-electron chi connectivity index (χ3n) is 7.14. The molecule has 0 spiro atoms. The molecule has 6 nitrogen and oxygen atoms in total. The van der Waals surface area contributed by atoms with Gasteiger partial charge in [0.2, 0.25) is 0 Å². The van der Waals surface area contributed by atoms with Gasteiger partial charge in [-0.25, -0.2) is 5.84 Å². The molecule has 2 atom stereocenters. The van der Waals surface area contributed by atoms with E-state index in [-0.39, 0.29) is 13.3 Å². The summed E-state index contributed by atoms with van der Waals surface area (Å²) in [6, 6.07) is 15.9. The molecule has 4 rings (SSSR count). The van der Waals surface area contributed by atoms with Gasteiger partial charge in [-0.1, -0.05) is 71.7 Å². The van der Waals surface area contributed by atoms with Gasteiger partial charge in [0.15, 0.2) is 0 Å². The van der Waals surface area contributed by atoms with Crippen LogP contribution in [0.4, 0.5) is 5.69 Å². The molecule has 6 heteroatoms. The van der Waals surface area contributed by atoms with Gasteiger partial charge in [-0.15, -0.1) is 0 Å². The summed E-state index contributed by atoms with van der Waals surface area (Å²) >= 11 is 0. The first-order valence-corrected chi connectivity index (χ1v) is 13.7. The van der Waals surface area contributed by atoms with Crippen molar-refractivity contribution in [1.29, 1.82) is 0 Å². The van der Waals surface area contributed by atoms with Crippen LogP contribution < -0.4 is 16.9 Å². The van der Waals surface area contributed by atoms with Gasteiger partial charge in [0.25, 0.3) is 5.91 Å². The van der Waals surface area contributed by atoms with Crippen LogP contribution in [0.3, 0.4) is 0 Å². The Bertz CT molecular complexity index is 981. The number of amides is 1. The molecule has 1 saturated carbocycles. The summed E-state index contributed by atoms with van der Waals surface area (Å²) in [5.74, 6) is 6.89. The largest absolute Gasteiger partial charge is 0.397 e. The van der Waals surface area contributed by atoms with E-state index in [1.165, 1.54) is 37.7 Å². The average molecular weight is 508 g/mol. The van der Waals surface area contributed by atoms with E-state index in [2.05, 4.69) is 29.3 Å². The minimum Gasteiger partial charge on any atom is -0.397 e. The smallest absolute Gasteiger partial charge is 0.255 e. The molecular weight excluding hydrogens is 458 g/mol. The van der Waals surface area contributed by atoms with Crippen molar-refractivity contribution in [3.8, 4) is 0 Å². The average Bonchev–Trinajstić information content (AvgIpc) is 2.91. The number of piperidine rings is 1. The lowest BCUT2D eigenvalue weighted by Gasteiger charge is -2.33. The maximum absolute atomic E-state index is 12.8. The molecule has 0 aromatic heterocycles. The van der Waals surface area contributed by atoms with Crippen LogP contribution >= 0.6 is 0 Å². The molecule has 1 aliphatic heterocycles. The number of carbonyl (C=O) groups is 1. The normalized spacial score (nSPS) is 20.2. The summed E-state index contributed by atoms with van der Waals surface area (Å²) in [5.41, 5.74) is 10.4. The molecule has 2 aromatic carbocycles. The van der Waals surface area contributed by atoms with Crippen molar-refractivity contribution in [3.05, 3.63) is 71.4 Å². The number of benzene rings is 2. The van der Waals surface area contributed by atoms with E-state index in [9.17, 15) is 4.79 Å². The molecule has 37 heavy (non-hydrogen) atoms. The maximum Gasteiger partial charge on any atom is 0.255 e. The van der Waals surface area contributed by atoms with Crippen LogP contribution in [0.1, 0.15) is 94.6 Å². The molecule has 1 aliphatic carbocycles. The third-order valence-corrected chi connectivity index (χ3v) is 7.14. The van der Waals surface area contributed by atoms with Crippen LogP contribution in [0, 0.1) is 5.92 Å². The van der Waals surface area contributed by atoms with Crippen molar-refractivity contribution in [2.45, 2.75) is 85.7 Å². The molecule has 2 unspecified atom stereocenters. The number of anilines is 1. The Morgan fingerprint density at radius 2 is 1.73 bits per heavy atom. The first-order valence-electron chi connectivity index (χ1n) is 13.7. The summed E-state index contributed by atoms with van der Waals surface area (Å²) in [4.78, 5) is 15.3. The number of nitrogens with zero attached hydrogens (tertiary/aromatic N) is 2. The van der Waals surface area contributed by atoms with E-state index in [4.69, 9.17) is 11.6 Å². The summed E-state index contributed by atoms with van der Waals surface area (Å²) in [7, 11) is 0. The third kappa shape index (κ3) is 9.20. The van der Waals surface area contributed by atoms with E-state index in [0.29, 0.717) is 28.9 Å². The van der Waals surface area contributed by atoms with Crippen LogP contribution in [0.5, 0.6) is 0 Å². The second-order valence-electron chi connectivity index (χ2n) is 10.0. The van der Waals surface area contributed by atoms with Crippen molar-refractivity contribution in [2.75, 3.05) is 18.4 Å². The number of nitrogens with one attached hydrogen (secondary N) is 1. The highest BCUT2D eigenvalue weighted by Gasteiger charge is 2.21. The summed E-state index contributed by atoms with van der Waals surface area (Å²) in [6.45, 7) is 9.56. The summed E-state index contributed by atoms with van der Waals surface area (Å²) in [5, 5.41) is 4.77. The molecule has 1 heterocycles. The second-order valence-corrected chi connectivity index (χ2v) is 10.0.